The molecule has 2 aromatic heterocycles. The zero-order valence-corrected chi connectivity index (χ0v) is 12.9. The fraction of sp³-hybridized carbons (Fsp3) is 0.412. The van der Waals surface area contributed by atoms with Crippen LogP contribution >= 0.6 is 0 Å². The van der Waals surface area contributed by atoms with Crippen molar-refractivity contribution in [2.75, 3.05) is 13.2 Å². The molecule has 1 amide bonds. The molecule has 1 unspecified atom stereocenters. The molecule has 2 aromatic rings. The van der Waals surface area contributed by atoms with E-state index in [4.69, 9.17) is 5.11 Å². The van der Waals surface area contributed by atoms with Gasteiger partial charge in [-0.3, -0.25) is 4.79 Å². The van der Waals surface area contributed by atoms with E-state index in [0.29, 0.717) is 18.0 Å². The van der Waals surface area contributed by atoms with Gasteiger partial charge in [0, 0.05) is 31.7 Å². The Balaban J connectivity index is 1.92. The van der Waals surface area contributed by atoms with Gasteiger partial charge in [0.05, 0.1) is 5.56 Å². The molecule has 0 saturated carbocycles. The van der Waals surface area contributed by atoms with Gasteiger partial charge in [-0.1, -0.05) is 13.3 Å². The minimum atomic E-state index is -0.120. The zero-order chi connectivity index (χ0) is 15.8. The lowest BCUT2D eigenvalue weighted by atomic mass is 10.0. The van der Waals surface area contributed by atoms with Crippen LogP contribution in [0.15, 0.2) is 42.9 Å². The molecule has 0 aliphatic heterocycles. The molecule has 0 saturated heterocycles. The van der Waals surface area contributed by atoms with Crippen molar-refractivity contribution in [3.63, 3.8) is 0 Å². The van der Waals surface area contributed by atoms with Crippen LogP contribution in [-0.2, 0) is 0 Å². The Morgan fingerprint density at radius 2 is 2.09 bits per heavy atom. The van der Waals surface area contributed by atoms with Gasteiger partial charge in [-0.05, 0) is 43.0 Å². The van der Waals surface area contributed by atoms with E-state index in [1.54, 1.807) is 12.3 Å². The number of aromatic nitrogens is 2. The van der Waals surface area contributed by atoms with E-state index in [1.165, 1.54) is 0 Å². The van der Waals surface area contributed by atoms with Crippen molar-refractivity contribution in [3.8, 4) is 5.82 Å². The first-order valence-electron chi connectivity index (χ1n) is 7.73. The van der Waals surface area contributed by atoms with Crippen LogP contribution in [0.25, 0.3) is 5.82 Å². The van der Waals surface area contributed by atoms with Crippen molar-refractivity contribution in [1.29, 1.82) is 0 Å². The Kier molecular flexibility index (Phi) is 6.15. The Morgan fingerprint density at radius 3 is 2.68 bits per heavy atom. The minimum absolute atomic E-state index is 0.120. The van der Waals surface area contributed by atoms with Crippen LogP contribution in [0.4, 0.5) is 0 Å². The predicted octanol–water partition coefficient (Wildman–Crippen LogP) is 2.40. The fourth-order valence-electron chi connectivity index (χ4n) is 2.44. The van der Waals surface area contributed by atoms with E-state index in [2.05, 4.69) is 17.2 Å². The van der Waals surface area contributed by atoms with Gasteiger partial charge >= 0.3 is 0 Å². The first-order valence-corrected chi connectivity index (χ1v) is 7.73. The Morgan fingerprint density at radius 1 is 1.32 bits per heavy atom. The van der Waals surface area contributed by atoms with Crippen molar-refractivity contribution in [1.82, 2.24) is 14.9 Å². The molecule has 0 spiro atoms. The van der Waals surface area contributed by atoms with Crippen molar-refractivity contribution in [3.05, 3.63) is 48.4 Å². The monoisotopic (exact) mass is 301 g/mol. The number of hydrogen-bond acceptors (Lipinski definition) is 3. The first kappa shape index (κ1) is 16.2. The predicted molar refractivity (Wildman–Crippen MR) is 86.0 cm³/mol. The maximum absolute atomic E-state index is 12.1. The minimum Gasteiger partial charge on any atom is -0.396 e. The number of nitrogens with zero attached hydrogens (tertiary/aromatic N) is 2. The standard InChI is InChI=1S/C17H23N3O2/c1-2-5-14(8-11-21)12-19-17(22)15-6-7-16(18-13-15)20-9-3-4-10-20/h3-4,6-7,9-10,13-14,21H,2,5,8,11-12H2,1H3,(H,19,22). The van der Waals surface area contributed by atoms with Gasteiger partial charge in [-0.25, -0.2) is 4.98 Å². The SMILES string of the molecule is CCCC(CCO)CNC(=O)c1ccc(-n2cccc2)nc1. The average molecular weight is 301 g/mol. The highest BCUT2D eigenvalue weighted by molar-refractivity contribution is 5.93. The molecule has 0 aliphatic carbocycles. The third kappa shape index (κ3) is 4.43. The zero-order valence-electron chi connectivity index (χ0n) is 12.9. The normalized spacial score (nSPS) is 12.1. The van der Waals surface area contributed by atoms with Gasteiger partial charge in [0.1, 0.15) is 5.82 Å². The summed E-state index contributed by atoms with van der Waals surface area (Å²) in [5.41, 5.74) is 0.551. The molecule has 118 valence electrons. The molecule has 2 heterocycles. The lowest BCUT2D eigenvalue weighted by Gasteiger charge is -2.15. The summed E-state index contributed by atoms with van der Waals surface area (Å²) in [6.07, 6.45) is 8.18. The Hall–Kier alpha value is -2.14. The molecular formula is C17H23N3O2. The van der Waals surface area contributed by atoms with E-state index in [-0.39, 0.29) is 12.5 Å². The smallest absolute Gasteiger partial charge is 0.252 e. The maximum Gasteiger partial charge on any atom is 0.252 e. The van der Waals surface area contributed by atoms with Gasteiger partial charge in [0.25, 0.3) is 5.91 Å². The van der Waals surface area contributed by atoms with Crippen LogP contribution < -0.4 is 5.32 Å². The molecule has 2 N–H and O–H groups in total. The van der Waals surface area contributed by atoms with Gasteiger partial charge in [-0.2, -0.15) is 0 Å². The number of carbonyl (C=O) groups excluding carboxylic acids is 1. The van der Waals surface area contributed by atoms with Gasteiger partial charge in [-0.15, -0.1) is 0 Å². The number of pyridine rings is 1. The average Bonchev–Trinajstić information content (AvgIpc) is 3.07. The number of nitrogens with one attached hydrogen (secondary N) is 1. The van der Waals surface area contributed by atoms with Crippen molar-refractivity contribution in [2.24, 2.45) is 5.92 Å². The third-order valence-electron chi connectivity index (χ3n) is 3.66. The van der Waals surface area contributed by atoms with Crippen LogP contribution in [0.2, 0.25) is 0 Å². The van der Waals surface area contributed by atoms with Gasteiger partial charge in [0.2, 0.25) is 0 Å². The maximum atomic E-state index is 12.1. The second-order valence-corrected chi connectivity index (χ2v) is 5.37. The molecule has 22 heavy (non-hydrogen) atoms. The number of carbonyl (C=O) groups is 1. The molecule has 0 aliphatic rings. The van der Waals surface area contributed by atoms with E-state index in [9.17, 15) is 4.79 Å². The van der Waals surface area contributed by atoms with Crippen molar-refractivity contribution >= 4 is 5.91 Å². The lowest BCUT2D eigenvalue weighted by Crippen LogP contribution is -2.29. The fourth-order valence-corrected chi connectivity index (χ4v) is 2.44. The van der Waals surface area contributed by atoms with Crippen LogP contribution in [0.1, 0.15) is 36.5 Å². The molecule has 0 fully saturated rings. The Bertz CT molecular complexity index is 558. The van der Waals surface area contributed by atoms with Crippen LogP contribution in [-0.4, -0.2) is 33.7 Å². The molecule has 5 heteroatoms. The van der Waals surface area contributed by atoms with E-state index >= 15 is 0 Å². The summed E-state index contributed by atoms with van der Waals surface area (Å²) in [7, 11) is 0. The van der Waals surface area contributed by atoms with E-state index < -0.39 is 0 Å². The quantitative estimate of drug-likeness (QED) is 0.787. The summed E-state index contributed by atoms with van der Waals surface area (Å²) >= 11 is 0. The highest BCUT2D eigenvalue weighted by Gasteiger charge is 2.11. The highest BCUT2D eigenvalue weighted by atomic mass is 16.3. The van der Waals surface area contributed by atoms with Gasteiger partial charge in [0.15, 0.2) is 0 Å². The van der Waals surface area contributed by atoms with Crippen LogP contribution in [0, 0.1) is 5.92 Å². The first-order chi connectivity index (χ1) is 10.7. The molecule has 0 bridgehead atoms. The number of aliphatic hydroxyl groups is 1. The van der Waals surface area contributed by atoms with Crippen molar-refractivity contribution in [2.45, 2.75) is 26.2 Å². The largest absolute Gasteiger partial charge is 0.396 e. The molecule has 1 atom stereocenters. The molecular weight excluding hydrogens is 278 g/mol. The second kappa shape index (κ2) is 8.34. The summed E-state index contributed by atoms with van der Waals surface area (Å²) in [5, 5.41) is 12.0. The summed E-state index contributed by atoms with van der Waals surface area (Å²) in [4.78, 5) is 16.4. The number of amides is 1. The molecule has 0 aromatic carbocycles. The number of aliphatic hydroxyl groups excluding tert-OH is 1. The molecule has 2 rings (SSSR count). The molecule has 0 radical (unpaired) electrons. The molecule has 5 nitrogen and oxygen atoms in total. The van der Waals surface area contributed by atoms with Gasteiger partial charge < -0.3 is 15.0 Å². The third-order valence-corrected chi connectivity index (χ3v) is 3.66. The second-order valence-electron chi connectivity index (χ2n) is 5.37. The van der Waals surface area contributed by atoms with Crippen LogP contribution in [0.3, 0.4) is 0 Å². The summed E-state index contributed by atoms with van der Waals surface area (Å²) < 4.78 is 1.89. The van der Waals surface area contributed by atoms with E-state index in [1.807, 2.05) is 35.2 Å². The Labute approximate surface area is 131 Å². The van der Waals surface area contributed by atoms with E-state index in [0.717, 1.165) is 25.1 Å². The summed E-state index contributed by atoms with van der Waals surface area (Å²) in [5.74, 6) is 0.988. The number of hydrogen-bond donors (Lipinski definition) is 2. The summed E-state index contributed by atoms with van der Waals surface area (Å²) in [6.45, 7) is 2.86. The van der Waals surface area contributed by atoms with Crippen LogP contribution in [0.5, 0.6) is 0 Å². The highest BCUT2D eigenvalue weighted by Crippen LogP contribution is 2.10. The number of rotatable bonds is 8. The lowest BCUT2D eigenvalue weighted by molar-refractivity contribution is 0.0942. The van der Waals surface area contributed by atoms with Crippen molar-refractivity contribution < 1.29 is 9.90 Å². The topological polar surface area (TPSA) is 67.2 Å². The summed E-state index contributed by atoms with van der Waals surface area (Å²) in [6, 6.07) is 7.46.